The first kappa shape index (κ1) is 60.4. The van der Waals surface area contributed by atoms with Gasteiger partial charge >= 0.3 is 17.9 Å². The van der Waals surface area contributed by atoms with Gasteiger partial charge in [-0.1, -0.05) is 278 Å². The van der Waals surface area contributed by atoms with Crippen LogP contribution in [0.25, 0.3) is 0 Å². The van der Waals surface area contributed by atoms with E-state index in [0.717, 1.165) is 63.7 Å². The summed E-state index contributed by atoms with van der Waals surface area (Å²) in [5.41, 5.74) is 0. The average Bonchev–Trinajstić information content (AvgIpc) is 3.26. The molecule has 0 fully saturated rings. The maximum absolute atomic E-state index is 12.8. The molecule has 6 heteroatoms. The van der Waals surface area contributed by atoms with E-state index in [9.17, 15) is 14.4 Å². The predicted molar refractivity (Wildman–Crippen MR) is 266 cm³/mol. The van der Waals surface area contributed by atoms with Gasteiger partial charge in [0.05, 0.1) is 0 Å². The number of hydrogen-bond donors (Lipinski definition) is 0. The summed E-state index contributed by atoms with van der Waals surface area (Å²) in [6, 6.07) is 0. The first-order valence-corrected chi connectivity index (χ1v) is 27.9. The van der Waals surface area contributed by atoms with Crippen LogP contribution in [0.2, 0.25) is 0 Å². The zero-order chi connectivity index (χ0) is 45.2. The molecule has 1 atom stereocenters. The second-order valence-corrected chi connectivity index (χ2v) is 19.7. The van der Waals surface area contributed by atoms with E-state index < -0.39 is 6.10 Å². The molecule has 0 saturated carbocycles. The zero-order valence-corrected chi connectivity index (χ0v) is 42.3. The van der Waals surface area contributed by atoms with Crippen LogP contribution >= 0.6 is 0 Å². The maximum Gasteiger partial charge on any atom is 0.306 e. The minimum atomic E-state index is -0.760. The third-order valence-corrected chi connectivity index (χ3v) is 12.8. The smallest absolute Gasteiger partial charge is 0.306 e. The summed E-state index contributed by atoms with van der Waals surface area (Å²) < 4.78 is 16.8. The summed E-state index contributed by atoms with van der Waals surface area (Å²) in [6.45, 7) is 9.06. The number of hydrogen-bond acceptors (Lipinski definition) is 6. The third kappa shape index (κ3) is 49.4. The third-order valence-electron chi connectivity index (χ3n) is 12.8. The lowest BCUT2D eigenvalue weighted by Gasteiger charge is -2.18. The second kappa shape index (κ2) is 50.4. The van der Waals surface area contributed by atoms with Gasteiger partial charge in [0.1, 0.15) is 13.2 Å². The molecule has 0 aliphatic heterocycles. The molecule has 0 amide bonds. The summed E-state index contributed by atoms with van der Waals surface area (Å²) >= 11 is 0. The first-order valence-electron chi connectivity index (χ1n) is 27.9. The predicted octanol–water partition coefficient (Wildman–Crippen LogP) is 18.2. The van der Waals surface area contributed by atoms with E-state index in [-0.39, 0.29) is 31.1 Å². The normalized spacial score (nSPS) is 12.0. The molecule has 0 aliphatic carbocycles. The molecule has 0 spiro atoms. The SMILES string of the molecule is CCCCCCCCCCCCCCCC(=O)OC[C@H](COC(=O)CCCCCCCCCCCCCCCCCCC(C)C)OC(=O)CCCCCCCCCCCCCC. The van der Waals surface area contributed by atoms with Crippen molar-refractivity contribution >= 4 is 17.9 Å². The fourth-order valence-corrected chi connectivity index (χ4v) is 8.57. The van der Waals surface area contributed by atoms with Gasteiger partial charge in [0, 0.05) is 19.3 Å². The highest BCUT2D eigenvalue weighted by Crippen LogP contribution is 2.18. The fourth-order valence-electron chi connectivity index (χ4n) is 8.57. The number of rotatable bonds is 51. The lowest BCUT2D eigenvalue weighted by molar-refractivity contribution is -0.167. The Kier molecular flexibility index (Phi) is 49.1. The summed E-state index contributed by atoms with van der Waals surface area (Å²) in [4.78, 5) is 38.0. The average molecular weight is 877 g/mol. The van der Waals surface area contributed by atoms with Gasteiger partial charge < -0.3 is 14.2 Å². The molecule has 0 unspecified atom stereocenters. The Hall–Kier alpha value is -1.59. The molecule has 0 aromatic heterocycles. The van der Waals surface area contributed by atoms with Gasteiger partial charge in [0.2, 0.25) is 0 Å². The standard InChI is InChI=1S/C56H108O6/c1-5-7-9-11-13-15-17-23-28-31-35-39-43-47-54(57)60-50-53(62-56(59)49-45-41-37-33-27-18-16-14-12-10-8-6-2)51-61-55(58)48-44-40-36-32-29-25-22-20-19-21-24-26-30-34-38-42-46-52(3)4/h52-53H,5-51H2,1-4H3/t53-/m1/s1. The van der Waals surface area contributed by atoms with Crippen molar-refractivity contribution in [2.45, 2.75) is 323 Å². The van der Waals surface area contributed by atoms with Crippen LogP contribution in [-0.2, 0) is 28.6 Å². The molecule has 0 N–H and O–H groups in total. The van der Waals surface area contributed by atoms with Crippen LogP contribution in [0.4, 0.5) is 0 Å². The van der Waals surface area contributed by atoms with Crippen molar-refractivity contribution in [3.63, 3.8) is 0 Å². The van der Waals surface area contributed by atoms with E-state index in [4.69, 9.17) is 14.2 Å². The molecular weight excluding hydrogens is 769 g/mol. The Labute approximate surface area is 387 Å². The van der Waals surface area contributed by atoms with E-state index in [0.29, 0.717) is 19.3 Å². The number of carbonyl (C=O) groups is 3. The molecule has 62 heavy (non-hydrogen) atoms. The highest BCUT2D eigenvalue weighted by molar-refractivity contribution is 5.71. The Morgan fingerprint density at radius 2 is 0.532 bits per heavy atom. The van der Waals surface area contributed by atoms with Crippen molar-refractivity contribution < 1.29 is 28.6 Å². The van der Waals surface area contributed by atoms with E-state index in [1.165, 1.54) is 212 Å². The van der Waals surface area contributed by atoms with Crippen LogP contribution in [0.5, 0.6) is 0 Å². The van der Waals surface area contributed by atoms with Crippen LogP contribution in [0.3, 0.4) is 0 Å². The highest BCUT2D eigenvalue weighted by Gasteiger charge is 2.19. The molecule has 0 radical (unpaired) electrons. The lowest BCUT2D eigenvalue weighted by Crippen LogP contribution is -2.30. The molecule has 0 aromatic carbocycles. The van der Waals surface area contributed by atoms with Gasteiger partial charge in [0.15, 0.2) is 6.10 Å². The van der Waals surface area contributed by atoms with E-state index >= 15 is 0 Å². The molecular formula is C56H108O6. The van der Waals surface area contributed by atoms with Gasteiger partial charge in [-0.15, -0.1) is 0 Å². The highest BCUT2D eigenvalue weighted by atomic mass is 16.6. The van der Waals surface area contributed by atoms with Gasteiger partial charge in [-0.25, -0.2) is 0 Å². The van der Waals surface area contributed by atoms with Crippen molar-refractivity contribution in [2.24, 2.45) is 5.92 Å². The minimum absolute atomic E-state index is 0.0620. The van der Waals surface area contributed by atoms with Crippen LogP contribution < -0.4 is 0 Å². The van der Waals surface area contributed by atoms with E-state index in [1.807, 2.05) is 0 Å². The molecule has 0 heterocycles. The molecule has 368 valence electrons. The van der Waals surface area contributed by atoms with E-state index in [2.05, 4.69) is 27.7 Å². The largest absolute Gasteiger partial charge is 0.462 e. The summed E-state index contributed by atoms with van der Waals surface area (Å²) in [5, 5.41) is 0. The van der Waals surface area contributed by atoms with Gasteiger partial charge in [-0.2, -0.15) is 0 Å². The van der Waals surface area contributed by atoms with Crippen LogP contribution in [0, 0.1) is 5.92 Å². The van der Waals surface area contributed by atoms with Gasteiger partial charge in [-0.3, -0.25) is 14.4 Å². The zero-order valence-electron chi connectivity index (χ0n) is 42.3. The lowest BCUT2D eigenvalue weighted by atomic mass is 10.0. The molecule has 6 nitrogen and oxygen atoms in total. The number of carbonyl (C=O) groups excluding carboxylic acids is 3. The molecule has 0 saturated heterocycles. The number of ether oxygens (including phenoxy) is 3. The van der Waals surface area contributed by atoms with Gasteiger partial charge in [0.25, 0.3) is 0 Å². The Bertz CT molecular complexity index is 933. The van der Waals surface area contributed by atoms with Crippen molar-refractivity contribution in [2.75, 3.05) is 13.2 Å². The summed E-state index contributed by atoms with van der Waals surface area (Å²) in [6.07, 6.45) is 53.7. The maximum atomic E-state index is 12.8. The molecule has 0 aliphatic rings. The Balaban J connectivity index is 4.25. The monoisotopic (exact) mass is 877 g/mol. The minimum Gasteiger partial charge on any atom is -0.462 e. The molecule has 0 rings (SSSR count). The second-order valence-electron chi connectivity index (χ2n) is 19.7. The van der Waals surface area contributed by atoms with Crippen molar-refractivity contribution in [1.82, 2.24) is 0 Å². The topological polar surface area (TPSA) is 78.9 Å². The van der Waals surface area contributed by atoms with Crippen LogP contribution in [-0.4, -0.2) is 37.2 Å². The van der Waals surface area contributed by atoms with Crippen LogP contribution in [0.15, 0.2) is 0 Å². The van der Waals surface area contributed by atoms with Crippen molar-refractivity contribution in [3.8, 4) is 0 Å². The summed E-state index contributed by atoms with van der Waals surface area (Å²) in [7, 11) is 0. The van der Waals surface area contributed by atoms with Crippen LogP contribution in [0.1, 0.15) is 317 Å². The Morgan fingerprint density at radius 3 is 0.790 bits per heavy atom. The molecule has 0 aromatic rings. The Morgan fingerprint density at radius 1 is 0.306 bits per heavy atom. The fraction of sp³-hybridized carbons (Fsp3) is 0.946. The van der Waals surface area contributed by atoms with Crippen molar-refractivity contribution in [3.05, 3.63) is 0 Å². The van der Waals surface area contributed by atoms with Gasteiger partial charge in [-0.05, 0) is 25.2 Å². The quantitative estimate of drug-likeness (QED) is 0.0344. The number of esters is 3. The molecule has 0 bridgehead atoms. The van der Waals surface area contributed by atoms with E-state index in [1.54, 1.807) is 0 Å². The number of unbranched alkanes of at least 4 members (excludes halogenated alkanes) is 38. The first-order chi connectivity index (χ1) is 30.4. The summed E-state index contributed by atoms with van der Waals surface area (Å²) in [5.74, 6) is 0.0146. The van der Waals surface area contributed by atoms with Crippen molar-refractivity contribution in [1.29, 1.82) is 0 Å².